The van der Waals surface area contributed by atoms with Crippen molar-refractivity contribution in [3.8, 4) is 0 Å². The topological polar surface area (TPSA) is 252 Å². The van der Waals surface area contributed by atoms with Crippen LogP contribution in [0.5, 0.6) is 0 Å². The second-order valence-electron chi connectivity index (χ2n) is 13.9. The Hall–Kier alpha value is -4.69. The maximum atomic E-state index is 13.9. The standard InChI is InChI=1S/C34H51F3N8O9S/c1-6-20(5)27(44-30(49)23(15-19(3)4)42-31(50)25-17-38-13-14-39-25)32(51)43-24(16-21-11-9-8-10-12-21)29(48)41-22(7-2)28(47)33(52)40-18-26(46)45-55(53,54)34(35,36)37/h13-14,17,19-24,27H,6-12,15-16,18H2,1-5H3,(H,40,52)(H,41,48)(H,42,50)(H,43,51)(H,44,49)(H,45,46)/t20-,22?,23-,24-,27-/m0/s1. The van der Waals surface area contributed by atoms with E-state index in [-0.39, 0.29) is 36.8 Å². The lowest BCUT2D eigenvalue weighted by Crippen LogP contribution is -2.60. The zero-order chi connectivity index (χ0) is 41.5. The highest BCUT2D eigenvalue weighted by atomic mass is 32.2. The quantitative estimate of drug-likeness (QED) is 0.102. The fraction of sp³-hybridized carbons (Fsp3) is 0.676. The average molecular weight is 805 g/mol. The highest BCUT2D eigenvalue weighted by Gasteiger charge is 2.47. The molecule has 308 valence electrons. The first kappa shape index (κ1) is 46.5. The lowest BCUT2D eigenvalue weighted by molar-refractivity contribution is -0.141. The van der Waals surface area contributed by atoms with Crippen molar-refractivity contribution in [2.24, 2.45) is 17.8 Å². The van der Waals surface area contributed by atoms with Crippen LogP contribution in [0.25, 0.3) is 0 Å². The summed E-state index contributed by atoms with van der Waals surface area (Å²) in [4.78, 5) is 99.2. The monoisotopic (exact) mass is 804 g/mol. The average Bonchev–Trinajstić information content (AvgIpc) is 3.13. The smallest absolute Gasteiger partial charge is 0.344 e. The van der Waals surface area contributed by atoms with Crippen LogP contribution in [0, 0.1) is 17.8 Å². The summed E-state index contributed by atoms with van der Waals surface area (Å²) in [5.41, 5.74) is -5.81. The Morgan fingerprint density at radius 3 is 1.98 bits per heavy atom. The molecule has 1 saturated carbocycles. The van der Waals surface area contributed by atoms with Crippen molar-refractivity contribution in [2.75, 3.05) is 6.54 Å². The second-order valence-corrected chi connectivity index (χ2v) is 15.6. The first-order valence-corrected chi connectivity index (χ1v) is 19.6. The fourth-order valence-corrected chi connectivity index (χ4v) is 6.32. The minimum Gasteiger partial charge on any atom is -0.344 e. The van der Waals surface area contributed by atoms with E-state index in [9.17, 15) is 55.2 Å². The number of nitrogens with one attached hydrogen (secondary N) is 6. The van der Waals surface area contributed by atoms with Crippen molar-refractivity contribution in [3.63, 3.8) is 0 Å². The third-order valence-corrected chi connectivity index (χ3v) is 10.2. The van der Waals surface area contributed by atoms with Crippen LogP contribution in [0.4, 0.5) is 13.2 Å². The van der Waals surface area contributed by atoms with Gasteiger partial charge in [-0.3, -0.25) is 38.5 Å². The van der Waals surface area contributed by atoms with Gasteiger partial charge in [0, 0.05) is 12.4 Å². The molecule has 1 aliphatic rings. The predicted octanol–water partition coefficient (Wildman–Crippen LogP) is 1.15. The predicted molar refractivity (Wildman–Crippen MR) is 191 cm³/mol. The van der Waals surface area contributed by atoms with Gasteiger partial charge in [0.05, 0.1) is 18.8 Å². The van der Waals surface area contributed by atoms with Gasteiger partial charge in [-0.2, -0.15) is 21.6 Å². The van der Waals surface area contributed by atoms with Gasteiger partial charge in [0.1, 0.15) is 23.8 Å². The molecule has 5 atom stereocenters. The SMILES string of the molecule is CCC(NC(=O)[C@H](CC1CCCCC1)NC(=O)[C@@H](NC(=O)[C@H](CC(C)C)NC(=O)c1cnccn1)[C@@H](C)CC)C(=O)C(=O)NCC(=O)NS(=O)(=O)C(F)(F)F. The molecule has 0 radical (unpaired) electrons. The van der Waals surface area contributed by atoms with Crippen LogP contribution < -0.4 is 31.3 Å². The third-order valence-electron chi connectivity index (χ3n) is 9.07. The molecule has 17 nitrogen and oxygen atoms in total. The van der Waals surface area contributed by atoms with Crippen LogP contribution in [0.1, 0.15) is 103 Å². The Morgan fingerprint density at radius 1 is 0.818 bits per heavy atom. The number of ketones is 1. The van der Waals surface area contributed by atoms with Gasteiger partial charge < -0.3 is 26.6 Å². The van der Waals surface area contributed by atoms with E-state index in [4.69, 9.17) is 0 Å². The van der Waals surface area contributed by atoms with Gasteiger partial charge in [-0.25, -0.2) is 9.71 Å². The summed E-state index contributed by atoms with van der Waals surface area (Å²) < 4.78 is 60.7. The van der Waals surface area contributed by atoms with E-state index in [1.54, 1.807) is 19.2 Å². The van der Waals surface area contributed by atoms with E-state index >= 15 is 0 Å². The highest BCUT2D eigenvalue weighted by Crippen LogP contribution is 2.28. The Kier molecular flexibility index (Phi) is 18.1. The lowest BCUT2D eigenvalue weighted by Gasteiger charge is -2.31. The summed E-state index contributed by atoms with van der Waals surface area (Å²) in [7, 11) is -6.05. The van der Waals surface area contributed by atoms with Gasteiger partial charge in [-0.1, -0.05) is 73.1 Å². The van der Waals surface area contributed by atoms with E-state index in [0.29, 0.717) is 6.42 Å². The molecular weight excluding hydrogens is 753 g/mol. The number of carbonyl (C=O) groups is 7. The molecule has 0 aliphatic heterocycles. The Bertz CT molecular complexity index is 1620. The summed E-state index contributed by atoms with van der Waals surface area (Å²) in [6.07, 6.45) is 8.92. The van der Waals surface area contributed by atoms with Crippen molar-refractivity contribution in [1.82, 2.24) is 41.3 Å². The third kappa shape index (κ3) is 14.8. The molecule has 1 aromatic rings. The number of amides is 6. The molecule has 1 aromatic heterocycles. The first-order chi connectivity index (χ1) is 25.7. The highest BCUT2D eigenvalue weighted by molar-refractivity contribution is 7.90. The number of halogens is 3. The molecule has 1 fully saturated rings. The summed E-state index contributed by atoms with van der Waals surface area (Å²) in [5, 5.41) is 12.3. The largest absolute Gasteiger partial charge is 0.516 e. The van der Waals surface area contributed by atoms with Crippen molar-refractivity contribution in [2.45, 2.75) is 122 Å². The maximum Gasteiger partial charge on any atom is 0.516 e. The second kappa shape index (κ2) is 21.4. The molecule has 6 N–H and O–H groups in total. The minimum absolute atomic E-state index is 0.0127. The van der Waals surface area contributed by atoms with Crippen molar-refractivity contribution in [3.05, 3.63) is 24.3 Å². The van der Waals surface area contributed by atoms with Crippen LogP contribution in [0.3, 0.4) is 0 Å². The van der Waals surface area contributed by atoms with E-state index in [1.807, 2.05) is 13.8 Å². The van der Waals surface area contributed by atoms with Gasteiger partial charge in [0.25, 0.3) is 17.7 Å². The van der Waals surface area contributed by atoms with Crippen LogP contribution in [-0.4, -0.2) is 95.8 Å². The van der Waals surface area contributed by atoms with Gasteiger partial charge in [0.2, 0.25) is 23.5 Å². The molecule has 1 aliphatic carbocycles. The molecule has 0 bridgehead atoms. The number of sulfonamides is 1. The van der Waals surface area contributed by atoms with Crippen molar-refractivity contribution >= 4 is 51.2 Å². The Morgan fingerprint density at radius 2 is 1.44 bits per heavy atom. The van der Waals surface area contributed by atoms with E-state index in [0.717, 1.165) is 36.8 Å². The number of hydrogen-bond donors (Lipinski definition) is 6. The zero-order valence-corrected chi connectivity index (χ0v) is 32.3. The number of hydrogen-bond acceptors (Lipinski definition) is 11. The Labute approximate surface area is 318 Å². The Balaban J connectivity index is 2.24. The molecule has 0 spiro atoms. The molecule has 55 heavy (non-hydrogen) atoms. The van der Waals surface area contributed by atoms with Crippen LogP contribution in [0.15, 0.2) is 18.6 Å². The van der Waals surface area contributed by atoms with Gasteiger partial charge in [-0.05, 0) is 37.0 Å². The molecule has 0 aromatic carbocycles. The summed E-state index contributed by atoms with van der Waals surface area (Å²) in [6.45, 7) is 7.36. The summed E-state index contributed by atoms with van der Waals surface area (Å²) in [5.74, 6) is -7.85. The van der Waals surface area contributed by atoms with Crippen LogP contribution >= 0.6 is 0 Å². The van der Waals surface area contributed by atoms with Crippen molar-refractivity contribution < 1.29 is 55.2 Å². The molecule has 21 heteroatoms. The molecule has 0 saturated heterocycles. The number of alkyl halides is 3. The zero-order valence-electron chi connectivity index (χ0n) is 31.5. The fourth-order valence-electron chi connectivity index (χ4n) is 5.83. The number of aromatic nitrogens is 2. The molecule has 1 unspecified atom stereocenters. The molecule has 2 rings (SSSR count). The van der Waals surface area contributed by atoms with E-state index in [2.05, 4.69) is 31.2 Å². The van der Waals surface area contributed by atoms with Gasteiger partial charge >= 0.3 is 15.5 Å². The van der Waals surface area contributed by atoms with Crippen LogP contribution in [0.2, 0.25) is 0 Å². The van der Waals surface area contributed by atoms with Crippen LogP contribution in [-0.2, 0) is 38.8 Å². The lowest BCUT2D eigenvalue weighted by atomic mass is 9.84. The van der Waals surface area contributed by atoms with E-state index < -0.39 is 93.4 Å². The van der Waals surface area contributed by atoms with Gasteiger partial charge in [-0.15, -0.1) is 0 Å². The molecule has 1 heterocycles. The molecular formula is C34H51F3N8O9S. The van der Waals surface area contributed by atoms with E-state index in [1.165, 1.54) is 25.5 Å². The summed E-state index contributed by atoms with van der Waals surface area (Å²) in [6, 6.07) is -4.95. The summed E-state index contributed by atoms with van der Waals surface area (Å²) >= 11 is 0. The normalized spacial score (nSPS) is 16.4. The maximum absolute atomic E-state index is 13.9. The number of carbonyl (C=O) groups excluding carboxylic acids is 7. The minimum atomic E-state index is -6.05. The number of rotatable bonds is 20. The molecule has 6 amide bonds. The van der Waals surface area contributed by atoms with Gasteiger partial charge in [0.15, 0.2) is 0 Å². The van der Waals surface area contributed by atoms with Crippen molar-refractivity contribution in [1.29, 1.82) is 0 Å². The number of nitrogens with zero attached hydrogens (tertiary/aromatic N) is 2. The first-order valence-electron chi connectivity index (χ1n) is 18.1. The number of Topliss-reactive ketones (excluding diaryl/α,β-unsaturated/α-hetero) is 1.